The third-order valence-corrected chi connectivity index (χ3v) is 3.31. The largest absolute Gasteiger partial charge is 0.409 e. The van der Waals surface area contributed by atoms with Gasteiger partial charge in [0.15, 0.2) is 5.84 Å². The van der Waals surface area contributed by atoms with Crippen molar-refractivity contribution in [2.45, 2.75) is 25.3 Å². The lowest BCUT2D eigenvalue weighted by atomic mass is 10.1. The molecule has 6 heteroatoms. The van der Waals surface area contributed by atoms with E-state index >= 15 is 0 Å². The number of amides is 1. The molecule has 0 aromatic heterocycles. The van der Waals surface area contributed by atoms with Crippen LogP contribution >= 0.6 is 0 Å². The second kappa shape index (κ2) is 6.91. The van der Waals surface area contributed by atoms with Crippen molar-refractivity contribution < 1.29 is 14.7 Å². The Morgan fingerprint density at radius 3 is 2.60 bits per heavy atom. The Morgan fingerprint density at radius 1 is 1.35 bits per heavy atom. The summed E-state index contributed by atoms with van der Waals surface area (Å²) in [5.74, 6) is 0.0663. The molecular formula is C14H19N3O3. The first-order valence-electron chi connectivity index (χ1n) is 6.63. The van der Waals surface area contributed by atoms with Gasteiger partial charge in [-0.05, 0) is 18.4 Å². The summed E-state index contributed by atoms with van der Waals surface area (Å²) in [7, 11) is 0. The van der Waals surface area contributed by atoms with Gasteiger partial charge in [0.2, 0.25) is 5.91 Å². The van der Waals surface area contributed by atoms with Gasteiger partial charge in [0.25, 0.3) is 0 Å². The summed E-state index contributed by atoms with van der Waals surface area (Å²) in [6, 6.07) is 7.28. The molecule has 0 radical (unpaired) electrons. The number of hydrogen-bond acceptors (Lipinski definition) is 4. The van der Waals surface area contributed by atoms with Gasteiger partial charge >= 0.3 is 0 Å². The standard InChI is InChI=1S/C14H19N3O3/c15-14(17-19)11-3-1-10(2-4-11)9-13(18)16-12-5-7-20-8-6-12/h1-4,12,19H,5-9H2,(H2,15,17)(H,16,18). The number of benzene rings is 1. The Kier molecular flexibility index (Phi) is 4.95. The fraction of sp³-hybridized carbons (Fsp3) is 0.429. The number of ether oxygens (including phenoxy) is 1. The van der Waals surface area contributed by atoms with Gasteiger partial charge in [-0.2, -0.15) is 0 Å². The highest BCUT2D eigenvalue weighted by Crippen LogP contribution is 2.08. The summed E-state index contributed by atoms with van der Waals surface area (Å²) in [6.07, 6.45) is 2.07. The van der Waals surface area contributed by atoms with Crippen LogP contribution in [0.15, 0.2) is 29.4 Å². The topological polar surface area (TPSA) is 96.9 Å². The fourth-order valence-electron chi connectivity index (χ4n) is 2.16. The van der Waals surface area contributed by atoms with E-state index in [4.69, 9.17) is 15.7 Å². The van der Waals surface area contributed by atoms with Crippen molar-refractivity contribution in [3.05, 3.63) is 35.4 Å². The Morgan fingerprint density at radius 2 is 2.00 bits per heavy atom. The molecule has 0 atom stereocenters. The van der Waals surface area contributed by atoms with Crippen LogP contribution in [0.1, 0.15) is 24.0 Å². The molecule has 0 bridgehead atoms. The highest BCUT2D eigenvalue weighted by atomic mass is 16.5. The van der Waals surface area contributed by atoms with E-state index in [2.05, 4.69) is 10.5 Å². The van der Waals surface area contributed by atoms with Crippen LogP contribution in [0, 0.1) is 0 Å². The number of amidine groups is 1. The Bertz CT molecular complexity index is 479. The van der Waals surface area contributed by atoms with E-state index in [1.54, 1.807) is 24.3 Å². The van der Waals surface area contributed by atoms with Crippen molar-refractivity contribution in [1.82, 2.24) is 5.32 Å². The summed E-state index contributed by atoms with van der Waals surface area (Å²) in [5.41, 5.74) is 7.00. The smallest absolute Gasteiger partial charge is 0.224 e. The second-order valence-electron chi connectivity index (χ2n) is 4.81. The number of oxime groups is 1. The molecule has 0 unspecified atom stereocenters. The Balaban J connectivity index is 1.87. The lowest BCUT2D eigenvalue weighted by Crippen LogP contribution is -2.39. The van der Waals surface area contributed by atoms with Crippen LogP contribution in [0.2, 0.25) is 0 Å². The van der Waals surface area contributed by atoms with Gasteiger partial charge in [0.05, 0.1) is 6.42 Å². The summed E-state index contributed by atoms with van der Waals surface area (Å²) in [6.45, 7) is 1.42. The van der Waals surface area contributed by atoms with Crippen LogP contribution in [0.3, 0.4) is 0 Å². The first-order chi connectivity index (χ1) is 9.69. The maximum Gasteiger partial charge on any atom is 0.224 e. The molecule has 0 spiro atoms. The van der Waals surface area contributed by atoms with Gasteiger partial charge in [0, 0.05) is 24.8 Å². The minimum Gasteiger partial charge on any atom is -0.409 e. The maximum absolute atomic E-state index is 11.9. The molecule has 108 valence electrons. The first kappa shape index (κ1) is 14.3. The van der Waals surface area contributed by atoms with E-state index < -0.39 is 0 Å². The predicted octanol–water partition coefficient (Wildman–Crippen LogP) is 0.619. The third-order valence-electron chi connectivity index (χ3n) is 3.31. The highest BCUT2D eigenvalue weighted by Gasteiger charge is 2.16. The molecule has 0 saturated carbocycles. The summed E-state index contributed by atoms with van der Waals surface area (Å²) in [5, 5.41) is 14.5. The lowest BCUT2D eigenvalue weighted by Gasteiger charge is -2.23. The predicted molar refractivity (Wildman–Crippen MR) is 74.6 cm³/mol. The molecule has 1 aromatic rings. The SMILES string of the molecule is NC(=NO)c1ccc(CC(=O)NC2CCOCC2)cc1. The van der Waals surface area contributed by atoms with E-state index in [0.717, 1.165) is 18.4 Å². The molecule has 1 aromatic carbocycles. The van der Waals surface area contributed by atoms with E-state index in [1.165, 1.54) is 0 Å². The van der Waals surface area contributed by atoms with Crippen LogP contribution < -0.4 is 11.1 Å². The molecule has 1 aliphatic heterocycles. The van der Waals surface area contributed by atoms with Crippen LogP contribution in [0.25, 0.3) is 0 Å². The third kappa shape index (κ3) is 3.96. The molecule has 0 aliphatic carbocycles. The molecule has 4 N–H and O–H groups in total. The minimum atomic E-state index is 0.00782. The zero-order chi connectivity index (χ0) is 14.4. The Hall–Kier alpha value is -2.08. The quantitative estimate of drug-likeness (QED) is 0.325. The van der Waals surface area contributed by atoms with E-state index in [9.17, 15) is 4.79 Å². The first-order valence-corrected chi connectivity index (χ1v) is 6.63. The zero-order valence-corrected chi connectivity index (χ0v) is 11.2. The number of carbonyl (C=O) groups is 1. The number of nitrogens with one attached hydrogen (secondary N) is 1. The number of nitrogens with two attached hydrogens (primary N) is 1. The number of rotatable bonds is 4. The average molecular weight is 277 g/mol. The molecule has 6 nitrogen and oxygen atoms in total. The molecule has 1 saturated heterocycles. The van der Waals surface area contributed by atoms with Gasteiger partial charge in [-0.15, -0.1) is 0 Å². The Labute approximate surface area is 117 Å². The highest BCUT2D eigenvalue weighted by molar-refractivity contribution is 5.97. The van der Waals surface area contributed by atoms with Crippen molar-refractivity contribution in [1.29, 1.82) is 0 Å². The van der Waals surface area contributed by atoms with E-state index in [-0.39, 0.29) is 17.8 Å². The van der Waals surface area contributed by atoms with Crippen molar-refractivity contribution in [2.75, 3.05) is 13.2 Å². The molecule has 1 amide bonds. The van der Waals surface area contributed by atoms with Crippen LogP contribution in [-0.2, 0) is 16.0 Å². The van der Waals surface area contributed by atoms with Crippen molar-refractivity contribution in [2.24, 2.45) is 10.9 Å². The number of carbonyl (C=O) groups excluding carboxylic acids is 1. The van der Waals surface area contributed by atoms with Gasteiger partial charge in [0.1, 0.15) is 0 Å². The molecule has 1 aliphatic rings. The van der Waals surface area contributed by atoms with Crippen LogP contribution in [0.5, 0.6) is 0 Å². The van der Waals surface area contributed by atoms with Crippen LogP contribution in [-0.4, -0.2) is 36.2 Å². The van der Waals surface area contributed by atoms with Gasteiger partial charge in [-0.3, -0.25) is 4.79 Å². The van der Waals surface area contributed by atoms with Gasteiger partial charge < -0.3 is 21.0 Å². The summed E-state index contributed by atoms with van der Waals surface area (Å²) in [4.78, 5) is 11.9. The van der Waals surface area contributed by atoms with Crippen molar-refractivity contribution in [3.8, 4) is 0 Å². The molecular weight excluding hydrogens is 258 g/mol. The number of nitrogens with zero attached hydrogens (tertiary/aromatic N) is 1. The fourth-order valence-corrected chi connectivity index (χ4v) is 2.16. The lowest BCUT2D eigenvalue weighted by molar-refractivity contribution is -0.121. The molecule has 2 rings (SSSR count). The molecule has 1 heterocycles. The molecule has 20 heavy (non-hydrogen) atoms. The van der Waals surface area contributed by atoms with E-state index in [1.807, 2.05) is 0 Å². The van der Waals surface area contributed by atoms with Crippen molar-refractivity contribution >= 4 is 11.7 Å². The minimum absolute atomic E-state index is 0.00782. The van der Waals surface area contributed by atoms with Crippen LogP contribution in [0.4, 0.5) is 0 Å². The second-order valence-corrected chi connectivity index (χ2v) is 4.81. The molecule has 1 fully saturated rings. The van der Waals surface area contributed by atoms with Crippen molar-refractivity contribution in [3.63, 3.8) is 0 Å². The maximum atomic E-state index is 11.9. The summed E-state index contributed by atoms with van der Waals surface area (Å²) < 4.78 is 5.25. The average Bonchev–Trinajstić information content (AvgIpc) is 2.48. The normalized spacial score (nSPS) is 16.9. The summed E-state index contributed by atoms with van der Waals surface area (Å²) >= 11 is 0. The monoisotopic (exact) mass is 277 g/mol. The van der Waals surface area contributed by atoms with E-state index in [0.29, 0.717) is 25.2 Å². The van der Waals surface area contributed by atoms with Gasteiger partial charge in [-0.25, -0.2) is 0 Å². The number of hydrogen-bond donors (Lipinski definition) is 3. The van der Waals surface area contributed by atoms with Gasteiger partial charge in [-0.1, -0.05) is 29.4 Å². The zero-order valence-electron chi connectivity index (χ0n) is 11.2.